The third-order valence-corrected chi connectivity index (χ3v) is 6.35. The molecule has 178 valence electrons. The Kier molecular flexibility index (Phi) is 7.85. The Hall–Kier alpha value is -3.92. The summed E-state index contributed by atoms with van der Waals surface area (Å²) in [5.41, 5.74) is 0.841. The minimum Gasteiger partial charge on any atom is -0.496 e. The standard InChI is InChI=1S/C24H23FN2O6S/c1-16-13-18(25)11-12-22(16)34(30,31)27-20-9-5-4-8-19(20)24(29)33-15-23(28)26-14-17-7-3-6-10-21(17)32-2/h3-13,27H,14-15H2,1-2H3,(H,26,28). The predicted octanol–water partition coefficient (Wildman–Crippen LogP) is 3.42. The number of nitrogens with one attached hydrogen (secondary N) is 2. The van der Waals surface area contributed by atoms with Gasteiger partial charge in [0, 0.05) is 12.1 Å². The van der Waals surface area contributed by atoms with Crippen molar-refractivity contribution in [3.05, 3.63) is 89.2 Å². The topological polar surface area (TPSA) is 111 Å². The zero-order valence-corrected chi connectivity index (χ0v) is 19.3. The molecule has 3 aromatic carbocycles. The number of hydrogen-bond acceptors (Lipinski definition) is 6. The number of benzene rings is 3. The van der Waals surface area contributed by atoms with E-state index in [4.69, 9.17) is 9.47 Å². The van der Waals surface area contributed by atoms with E-state index in [2.05, 4.69) is 10.0 Å². The van der Waals surface area contributed by atoms with Gasteiger partial charge in [-0.05, 0) is 48.9 Å². The summed E-state index contributed by atoms with van der Waals surface area (Å²) in [7, 11) is -2.59. The highest BCUT2D eigenvalue weighted by Crippen LogP contribution is 2.23. The van der Waals surface area contributed by atoms with E-state index in [-0.39, 0.29) is 28.3 Å². The van der Waals surface area contributed by atoms with Gasteiger partial charge < -0.3 is 14.8 Å². The Bertz CT molecular complexity index is 1310. The van der Waals surface area contributed by atoms with Gasteiger partial charge >= 0.3 is 5.97 Å². The number of amides is 1. The highest BCUT2D eigenvalue weighted by Gasteiger charge is 2.21. The first-order chi connectivity index (χ1) is 16.2. The minimum atomic E-state index is -4.11. The van der Waals surface area contributed by atoms with Gasteiger partial charge in [0.15, 0.2) is 6.61 Å². The molecule has 8 nitrogen and oxygen atoms in total. The van der Waals surface area contributed by atoms with Crippen LogP contribution in [0.25, 0.3) is 0 Å². The number of para-hydroxylation sites is 2. The molecule has 3 aromatic rings. The Morgan fingerprint density at radius 3 is 2.44 bits per heavy atom. The van der Waals surface area contributed by atoms with Crippen LogP contribution in [-0.2, 0) is 26.1 Å². The number of halogens is 1. The van der Waals surface area contributed by atoms with Gasteiger partial charge in [0.05, 0.1) is 23.3 Å². The molecule has 0 heterocycles. The van der Waals surface area contributed by atoms with E-state index in [0.29, 0.717) is 5.75 Å². The lowest BCUT2D eigenvalue weighted by atomic mass is 10.2. The van der Waals surface area contributed by atoms with Crippen molar-refractivity contribution in [2.45, 2.75) is 18.4 Å². The Morgan fingerprint density at radius 2 is 1.71 bits per heavy atom. The number of rotatable bonds is 9. The first-order valence-electron chi connectivity index (χ1n) is 10.1. The molecule has 1 amide bonds. The number of sulfonamides is 1. The molecule has 0 aliphatic heterocycles. The molecule has 0 fully saturated rings. The second-order valence-electron chi connectivity index (χ2n) is 7.23. The van der Waals surface area contributed by atoms with Crippen LogP contribution < -0.4 is 14.8 Å². The largest absolute Gasteiger partial charge is 0.496 e. The smallest absolute Gasteiger partial charge is 0.340 e. The summed E-state index contributed by atoms with van der Waals surface area (Å²) in [5.74, 6) is -1.39. The van der Waals surface area contributed by atoms with Crippen LogP contribution in [0, 0.1) is 12.7 Å². The number of carbonyl (C=O) groups excluding carboxylic acids is 2. The molecule has 0 atom stereocenters. The highest BCUT2D eigenvalue weighted by molar-refractivity contribution is 7.92. The van der Waals surface area contributed by atoms with Crippen LogP contribution in [0.4, 0.5) is 10.1 Å². The summed E-state index contributed by atoms with van der Waals surface area (Å²) in [6.45, 7) is 1.07. The van der Waals surface area contributed by atoms with E-state index in [1.165, 1.54) is 38.3 Å². The number of carbonyl (C=O) groups is 2. The summed E-state index contributed by atoms with van der Waals surface area (Å²) in [6, 6.07) is 16.2. The van der Waals surface area contributed by atoms with Gasteiger partial charge in [-0.1, -0.05) is 30.3 Å². The molecule has 0 saturated carbocycles. The first kappa shape index (κ1) is 24.7. The average Bonchev–Trinajstić information content (AvgIpc) is 2.81. The van der Waals surface area contributed by atoms with Crippen LogP contribution in [0.15, 0.2) is 71.6 Å². The summed E-state index contributed by atoms with van der Waals surface area (Å²) in [6.07, 6.45) is 0. The van der Waals surface area contributed by atoms with Crippen molar-refractivity contribution >= 4 is 27.6 Å². The normalized spacial score (nSPS) is 10.9. The van der Waals surface area contributed by atoms with Crippen LogP contribution in [0.5, 0.6) is 5.75 Å². The second-order valence-corrected chi connectivity index (χ2v) is 8.88. The van der Waals surface area contributed by atoms with E-state index >= 15 is 0 Å². The summed E-state index contributed by atoms with van der Waals surface area (Å²) >= 11 is 0. The molecule has 0 aromatic heterocycles. The van der Waals surface area contributed by atoms with Gasteiger partial charge in [-0.2, -0.15) is 0 Å². The molecule has 3 rings (SSSR count). The van der Waals surface area contributed by atoms with Gasteiger partial charge in [-0.15, -0.1) is 0 Å². The maximum absolute atomic E-state index is 13.4. The molecule has 0 spiro atoms. The molecule has 2 N–H and O–H groups in total. The SMILES string of the molecule is COc1ccccc1CNC(=O)COC(=O)c1ccccc1NS(=O)(=O)c1ccc(F)cc1C. The molecule has 34 heavy (non-hydrogen) atoms. The van der Waals surface area contributed by atoms with E-state index in [9.17, 15) is 22.4 Å². The maximum atomic E-state index is 13.4. The van der Waals surface area contributed by atoms with Gasteiger partial charge in [0.2, 0.25) is 0 Å². The number of hydrogen-bond donors (Lipinski definition) is 2. The van der Waals surface area contributed by atoms with Gasteiger partial charge in [-0.3, -0.25) is 9.52 Å². The van der Waals surface area contributed by atoms with Gasteiger partial charge in [0.1, 0.15) is 11.6 Å². The van der Waals surface area contributed by atoms with Crippen molar-refractivity contribution in [1.82, 2.24) is 5.32 Å². The fraction of sp³-hybridized carbons (Fsp3) is 0.167. The lowest BCUT2D eigenvalue weighted by molar-refractivity contribution is -0.124. The van der Waals surface area contributed by atoms with E-state index in [0.717, 1.165) is 23.8 Å². The molecule has 0 radical (unpaired) electrons. The van der Waals surface area contributed by atoms with Gasteiger partial charge in [0.25, 0.3) is 15.9 Å². The number of ether oxygens (including phenoxy) is 2. The van der Waals surface area contributed by atoms with E-state index in [1.54, 1.807) is 24.3 Å². The number of methoxy groups -OCH3 is 1. The van der Waals surface area contributed by atoms with Crippen LogP contribution in [0.2, 0.25) is 0 Å². The lowest BCUT2D eigenvalue weighted by Gasteiger charge is -2.14. The van der Waals surface area contributed by atoms with Crippen molar-refractivity contribution in [2.24, 2.45) is 0 Å². The molecule has 0 aliphatic rings. The third-order valence-electron chi connectivity index (χ3n) is 4.82. The van der Waals surface area contributed by atoms with Crippen LogP contribution >= 0.6 is 0 Å². The summed E-state index contributed by atoms with van der Waals surface area (Å²) < 4.78 is 51.5. The molecule has 0 bridgehead atoms. The third kappa shape index (κ3) is 6.10. The molecule has 10 heteroatoms. The quantitative estimate of drug-likeness (QED) is 0.449. The van der Waals surface area contributed by atoms with Crippen molar-refractivity contribution in [3.8, 4) is 5.75 Å². The summed E-state index contributed by atoms with van der Waals surface area (Å²) in [5, 5.41) is 2.63. The Labute approximate surface area is 196 Å². The fourth-order valence-corrected chi connectivity index (χ4v) is 4.47. The van der Waals surface area contributed by atoms with Crippen LogP contribution in [0.1, 0.15) is 21.5 Å². The maximum Gasteiger partial charge on any atom is 0.340 e. The summed E-state index contributed by atoms with van der Waals surface area (Å²) in [4.78, 5) is 24.6. The van der Waals surface area contributed by atoms with Gasteiger partial charge in [-0.25, -0.2) is 17.6 Å². The molecule has 0 saturated heterocycles. The van der Waals surface area contributed by atoms with Crippen molar-refractivity contribution in [3.63, 3.8) is 0 Å². The first-order valence-corrected chi connectivity index (χ1v) is 11.6. The monoisotopic (exact) mass is 486 g/mol. The number of anilines is 1. The molecular formula is C24H23FN2O6S. The van der Waals surface area contributed by atoms with Crippen LogP contribution in [-0.4, -0.2) is 34.0 Å². The lowest BCUT2D eigenvalue weighted by Crippen LogP contribution is -2.28. The molecule has 0 aliphatic carbocycles. The second kappa shape index (κ2) is 10.8. The predicted molar refractivity (Wildman–Crippen MR) is 124 cm³/mol. The zero-order valence-electron chi connectivity index (χ0n) is 18.5. The van der Waals surface area contributed by atoms with E-state index < -0.39 is 34.3 Å². The van der Waals surface area contributed by atoms with Crippen molar-refractivity contribution < 1.29 is 31.9 Å². The Balaban J connectivity index is 1.65. The van der Waals surface area contributed by atoms with Crippen molar-refractivity contribution in [1.29, 1.82) is 0 Å². The molecule has 0 unspecified atom stereocenters. The fourth-order valence-electron chi connectivity index (χ4n) is 3.17. The zero-order chi connectivity index (χ0) is 24.7. The molecular weight excluding hydrogens is 463 g/mol. The number of esters is 1. The van der Waals surface area contributed by atoms with Crippen LogP contribution in [0.3, 0.4) is 0 Å². The van der Waals surface area contributed by atoms with Crippen molar-refractivity contribution in [2.75, 3.05) is 18.4 Å². The highest BCUT2D eigenvalue weighted by atomic mass is 32.2. The Morgan fingerprint density at radius 1 is 1.00 bits per heavy atom. The average molecular weight is 487 g/mol. The number of aryl methyl sites for hydroxylation is 1. The van der Waals surface area contributed by atoms with E-state index in [1.807, 2.05) is 0 Å². The minimum absolute atomic E-state index is 0.0364.